The first-order valence-electron chi connectivity index (χ1n) is 47.2. The van der Waals surface area contributed by atoms with Crippen LogP contribution in [0.2, 0.25) is 0 Å². The Morgan fingerprint density at radius 2 is 0.557 bits per heavy atom. The van der Waals surface area contributed by atoms with Crippen molar-refractivity contribution in [2.45, 2.75) is 166 Å². The Labute approximate surface area is 802 Å². The van der Waals surface area contributed by atoms with Gasteiger partial charge in [0, 0.05) is 142 Å². The van der Waals surface area contributed by atoms with Crippen LogP contribution < -0.4 is 27.8 Å². The van der Waals surface area contributed by atoms with E-state index in [1.165, 1.54) is 0 Å². The van der Waals surface area contributed by atoms with Crippen LogP contribution in [0.3, 0.4) is 0 Å². The first-order chi connectivity index (χ1) is 67.5. The van der Waals surface area contributed by atoms with Crippen molar-refractivity contribution in [2.24, 2.45) is 27.1 Å². The molecule has 0 fully saturated rings. The quantitative estimate of drug-likeness (QED) is 0.123. The summed E-state index contributed by atoms with van der Waals surface area (Å²) in [6.07, 6.45) is 24.9. The van der Waals surface area contributed by atoms with Gasteiger partial charge in [-0.15, -0.1) is 0 Å². The molecule has 0 unspecified atom stereocenters. The van der Waals surface area contributed by atoms with Gasteiger partial charge in [-0.2, -0.15) is 0 Å². The molecule has 0 bridgehead atoms. The maximum Gasteiger partial charge on any atom is 0.261 e. The number of rotatable bonds is 10. The lowest BCUT2D eigenvalue weighted by atomic mass is 9.85. The molecule has 0 aliphatic carbocycles. The van der Waals surface area contributed by atoms with Gasteiger partial charge in [-0.3, -0.25) is 71.7 Å². The Morgan fingerprint density at radius 1 is 0.271 bits per heavy atom. The maximum atomic E-state index is 13.0. The van der Waals surface area contributed by atoms with E-state index in [9.17, 15) is 24.0 Å². The molecule has 0 radical (unpaired) electrons. The van der Waals surface area contributed by atoms with Gasteiger partial charge in [0.1, 0.15) is 69.0 Å². The van der Waals surface area contributed by atoms with Crippen molar-refractivity contribution >= 4 is 54.5 Å². The summed E-state index contributed by atoms with van der Waals surface area (Å²) in [5, 5.41) is 11.5. The second-order valence-electron chi connectivity index (χ2n) is 40.5. The molecule has 0 spiro atoms. The highest BCUT2D eigenvalue weighted by atomic mass is 16.5. The number of aromatic nitrogens is 21. The zero-order chi connectivity index (χ0) is 96.5. The predicted molar refractivity (Wildman–Crippen MR) is 536 cm³/mol. The highest BCUT2D eigenvalue weighted by molar-refractivity contribution is 5.87. The van der Waals surface area contributed by atoms with Crippen LogP contribution in [0.15, 0.2) is 292 Å². The zero-order valence-corrected chi connectivity index (χ0v) is 79.3. The summed E-state index contributed by atoms with van der Waals surface area (Å²) >= 11 is 0. The van der Waals surface area contributed by atoms with Gasteiger partial charge in [0.25, 0.3) is 27.8 Å². The summed E-state index contributed by atoms with van der Waals surface area (Å²) in [5.74, 6) is 7.73. The first kappa shape index (κ1) is 90.1. The van der Waals surface area contributed by atoms with E-state index < -0.39 is 0 Å². The van der Waals surface area contributed by atoms with Crippen LogP contribution in [0.5, 0.6) is 0 Å². The van der Waals surface area contributed by atoms with E-state index in [0.29, 0.717) is 121 Å². The molecule has 140 heavy (non-hydrogen) atoms. The molecule has 5 aromatic carbocycles. The molecule has 700 valence electrons. The number of oxazole rings is 2. The van der Waals surface area contributed by atoms with E-state index in [4.69, 9.17) is 42.8 Å². The molecule has 0 saturated heterocycles. The number of hydrogen-bond donors (Lipinski definition) is 0. The minimum absolute atomic E-state index is 0.0286. The monoisotopic (exact) mass is 1860 g/mol. The molecular formula is C110H101N21O9. The number of hydrogen-bond acceptors (Lipinski definition) is 24. The fourth-order valence-corrected chi connectivity index (χ4v) is 18.9. The molecule has 20 aromatic rings. The summed E-state index contributed by atoms with van der Waals surface area (Å²) in [4.78, 5) is 124. The fraction of sp³-hybridized carbons (Fsp3) is 0.273. The number of benzene rings is 5. The Balaban J connectivity index is 0.000000104. The first-order valence-corrected chi connectivity index (χ1v) is 47.2. The fourth-order valence-electron chi connectivity index (χ4n) is 18.9. The molecule has 0 amide bonds. The van der Waals surface area contributed by atoms with Crippen LogP contribution >= 0.6 is 0 Å². The Hall–Kier alpha value is -16.4. The zero-order valence-electron chi connectivity index (χ0n) is 79.3. The minimum Gasteiger partial charge on any atom is -0.434 e. The van der Waals surface area contributed by atoms with Gasteiger partial charge in [0.2, 0.25) is 11.8 Å². The second kappa shape index (κ2) is 36.3. The van der Waals surface area contributed by atoms with Crippen LogP contribution in [0.1, 0.15) is 130 Å². The Morgan fingerprint density at radius 3 is 0.871 bits per heavy atom. The molecule has 0 N–H and O–H groups in total. The number of imidazole rings is 1. The topological polar surface area (TPSA) is 361 Å². The molecule has 25 rings (SSSR count). The van der Waals surface area contributed by atoms with Gasteiger partial charge < -0.3 is 22.4 Å². The average molecular weight is 1860 g/mol. The van der Waals surface area contributed by atoms with Crippen molar-refractivity contribution in [1.82, 2.24) is 103 Å². The van der Waals surface area contributed by atoms with Crippen LogP contribution in [0.25, 0.3) is 163 Å². The van der Waals surface area contributed by atoms with Crippen molar-refractivity contribution in [1.29, 1.82) is 0 Å². The largest absolute Gasteiger partial charge is 0.434 e. The minimum atomic E-state index is 0.0286. The summed E-state index contributed by atoms with van der Waals surface area (Å²) in [6, 6.07) is 60.2. The van der Waals surface area contributed by atoms with Gasteiger partial charge in [0.15, 0.2) is 23.0 Å². The highest BCUT2D eigenvalue weighted by Gasteiger charge is 2.34. The molecule has 20 heterocycles. The Bertz CT molecular complexity index is 7340. The molecule has 0 atom stereocenters. The molecule has 5 aliphatic heterocycles. The SMILES string of the molecule is CC1(C)CCc2nc3cc(-c4cc(-c5ccccn5)on4)ccc3c(=O)n2C1.CC1(C)CCc2nc3cc(-c4cc(-c5ccccn5)on4)ccc3c(=O)n2C1.CC1(C)CCc2nc3cc(-c4ncc(-c5ccccn5)o4)ccc3c(=O)n2C1.CC1(C)CCc2nc3cc(-c4ncc(-c5ccccn5)o4)ccc3c(=O)n2C1.CC1(C)CCc2nc3cc(-n4cnc(-c5ccccn5)c4)ccc3c(=O)n2C1. The van der Waals surface area contributed by atoms with Crippen LogP contribution in [-0.4, -0.2) is 103 Å². The van der Waals surface area contributed by atoms with Crippen molar-refractivity contribution in [2.75, 3.05) is 0 Å². The molecule has 0 saturated carbocycles. The normalized spacial score (nSPS) is 15.5. The Kier molecular flexibility index (Phi) is 23.3. The summed E-state index contributed by atoms with van der Waals surface area (Å²) in [7, 11) is 0. The predicted octanol–water partition coefficient (Wildman–Crippen LogP) is 20.0. The van der Waals surface area contributed by atoms with Crippen molar-refractivity contribution < 1.29 is 17.9 Å². The molecular weight excluding hydrogens is 1760 g/mol. The van der Waals surface area contributed by atoms with Crippen molar-refractivity contribution in [3.8, 4) is 108 Å². The summed E-state index contributed by atoms with van der Waals surface area (Å²) in [5.41, 5.74) is 14.5. The number of fused-ring (bicyclic) bond motifs is 10. The third-order valence-corrected chi connectivity index (χ3v) is 26.8. The second-order valence-corrected chi connectivity index (χ2v) is 40.5. The number of nitrogens with zero attached hydrogens (tertiary/aromatic N) is 21. The molecule has 30 heteroatoms. The van der Waals surface area contributed by atoms with E-state index in [1.807, 2.05) is 228 Å². The summed E-state index contributed by atoms with van der Waals surface area (Å²) < 4.78 is 33.8. The number of aryl methyl sites for hydroxylation is 5. The van der Waals surface area contributed by atoms with Gasteiger partial charge >= 0.3 is 0 Å². The van der Waals surface area contributed by atoms with Crippen LogP contribution in [-0.2, 0) is 64.8 Å². The van der Waals surface area contributed by atoms with E-state index >= 15 is 0 Å². The van der Waals surface area contributed by atoms with Crippen LogP contribution in [0, 0.1) is 27.1 Å². The van der Waals surface area contributed by atoms with Gasteiger partial charge in [0.05, 0.1) is 78.9 Å². The van der Waals surface area contributed by atoms with E-state index in [1.54, 1.807) is 49.7 Å². The van der Waals surface area contributed by atoms with Gasteiger partial charge in [-0.05, 0) is 199 Å². The molecule has 5 aliphatic rings. The summed E-state index contributed by atoms with van der Waals surface area (Å²) in [6.45, 7) is 25.5. The van der Waals surface area contributed by atoms with E-state index in [2.05, 4.69) is 119 Å². The standard InChI is InChI=1S/C22H21N5O.4C22H20N4O2/c1-22(2)9-8-20-25-18-11-15(6-7-16(18)21(28)27(20)13-22)26-12-19(24-14-26)17-5-3-4-10-23-17;2*1-22(2)9-8-20-24-18-11-14(6-7-15(18)21(27)26(20)13-22)17-12-19(28-25-17)16-5-3-4-10-23-16;2*1-22(2)9-8-19-25-17-11-14(6-7-15(17)21(27)26(19)13-22)20-24-12-18(28-20)16-5-3-4-10-23-16/h3-7,10-12,14H,8-9,13H2,1-2H3;4*3-7,10-12H,8-9,13H2,1-2H3. The molecule has 15 aromatic heterocycles. The highest BCUT2D eigenvalue weighted by Crippen LogP contribution is 2.39. The van der Waals surface area contributed by atoms with Gasteiger partial charge in [-0.1, -0.05) is 122 Å². The number of pyridine rings is 5. The lowest BCUT2D eigenvalue weighted by Crippen LogP contribution is -2.36. The van der Waals surface area contributed by atoms with Gasteiger partial charge in [-0.25, -0.2) is 39.9 Å². The lowest BCUT2D eigenvalue weighted by molar-refractivity contribution is 0.240. The van der Waals surface area contributed by atoms with E-state index in [0.717, 1.165) is 167 Å². The lowest BCUT2D eigenvalue weighted by Gasteiger charge is -2.31. The smallest absolute Gasteiger partial charge is 0.261 e. The molecule has 30 nitrogen and oxygen atoms in total. The third-order valence-electron chi connectivity index (χ3n) is 26.8. The third kappa shape index (κ3) is 18.6. The average Bonchev–Trinajstić information content (AvgIpc) is 1.08. The van der Waals surface area contributed by atoms with Crippen LogP contribution in [0.4, 0.5) is 0 Å². The maximum absolute atomic E-state index is 13.0. The van der Waals surface area contributed by atoms with Crippen molar-refractivity contribution in [3.05, 3.63) is 331 Å². The van der Waals surface area contributed by atoms with E-state index in [-0.39, 0.29) is 54.9 Å². The van der Waals surface area contributed by atoms with Crippen molar-refractivity contribution in [3.63, 3.8) is 0 Å².